The number of hydrogen-bond acceptors (Lipinski definition) is 4. The molecule has 3 aromatic rings. The number of nitrogens with zero attached hydrogens (tertiary/aromatic N) is 1. The molecule has 0 spiro atoms. The summed E-state index contributed by atoms with van der Waals surface area (Å²) in [6.07, 6.45) is -3.39. The summed E-state index contributed by atoms with van der Waals surface area (Å²) in [4.78, 5) is 18.8. The number of nitrogens with one attached hydrogen (secondary N) is 2. The van der Waals surface area contributed by atoms with Gasteiger partial charge in [-0.2, -0.15) is 13.2 Å². The van der Waals surface area contributed by atoms with Crippen LogP contribution in [0.5, 0.6) is 0 Å². The fourth-order valence-electron chi connectivity index (χ4n) is 3.04. The molecule has 1 unspecified atom stereocenters. The van der Waals surface area contributed by atoms with E-state index in [-0.39, 0.29) is 35.0 Å². The van der Waals surface area contributed by atoms with Gasteiger partial charge in [0.15, 0.2) is 5.82 Å². The molecule has 1 heterocycles. The van der Waals surface area contributed by atoms with Gasteiger partial charge in [0.25, 0.3) is 5.91 Å². The summed E-state index contributed by atoms with van der Waals surface area (Å²) in [7, 11) is 0. The van der Waals surface area contributed by atoms with Crippen molar-refractivity contribution in [3.63, 3.8) is 0 Å². The molecule has 0 fully saturated rings. The number of fused-ring (bicyclic) bond motifs is 1. The van der Waals surface area contributed by atoms with Crippen LogP contribution >= 0.6 is 0 Å². The lowest BCUT2D eigenvalue weighted by atomic mass is 10.0. The van der Waals surface area contributed by atoms with Gasteiger partial charge in [0.2, 0.25) is 0 Å². The van der Waals surface area contributed by atoms with Gasteiger partial charge in [-0.25, -0.2) is 9.37 Å². The monoisotopic (exact) mass is 423 g/mol. The van der Waals surface area contributed by atoms with Crippen molar-refractivity contribution in [1.29, 1.82) is 0 Å². The minimum Gasteiger partial charge on any atom is -0.348 e. The number of imidazole rings is 1. The van der Waals surface area contributed by atoms with Crippen molar-refractivity contribution in [3.05, 3.63) is 53.6 Å². The predicted molar refractivity (Wildman–Crippen MR) is 105 cm³/mol. The molecular weight excluding hydrogens is 402 g/mol. The van der Waals surface area contributed by atoms with Crippen molar-refractivity contribution in [2.45, 2.75) is 25.1 Å². The SMILES string of the molecule is NCCCC(N)CNC(=O)c1nc2c(C(F)(F)F)cc(-c3ccc(F)cc3)cc2[nH]1. The lowest BCUT2D eigenvalue weighted by Gasteiger charge is -2.11. The lowest BCUT2D eigenvalue weighted by molar-refractivity contribution is -0.136. The number of halogens is 4. The maximum Gasteiger partial charge on any atom is 0.418 e. The number of nitrogens with two attached hydrogens (primary N) is 2. The first-order valence-corrected chi connectivity index (χ1v) is 9.29. The largest absolute Gasteiger partial charge is 0.418 e. The van der Waals surface area contributed by atoms with E-state index < -0.39 is 23.5 Å². The Labute approximate surface area is 169 Å². The summed E-state index contributed by atoms with van der Waals surface area (Å²) in [5.74, 6) is -1.41. The number of rotatable bonds is 7. The van der Waals surface area contributed by atoms with Crippen molar-refractivity contribution < 1.29 is 22.4 Å². The fraction of sp³-hybridized carbons (Fsp3) is 0.300. The number of benzene rings is 2. The quantitative estimate of drug-likeness (QED) is 0.438. The van der Waals surface area contributed by atoms with Gasteiger partial charge in [-0.05, 0) is 54.8 Å². The molecule has 0 aliphatic rings. The van der Waals surface area contributed by atoms with Crippen LogP contribution in [0.3, 0.4) is 0 Å². The van der Waals surface area contributed by atoms with E-state index in [1.54, 1.807) is 0 Å². The summed E-state index contributed by atoms with van der Waals surface area (Å²) in [5.41, 5.74) is 10.6. The highest BCUT2D eigenvalue weighted by Gasteiger charge is 2.35. The molecule has 3 rings (SSSR count). The smallest absolute Gasteiger partial charge is 0.348 e. The Morgan fingerprint density at radius 3 is 2.50 bits per heavy atom. The van der Waals surface area contributed by atoms with E-state index in [0.29, 0.717) is 24.9 Å². The molecule has 0 saturated heterocycles. The third-order valence-electron chi connectivity index (χ3n) is 4.59. The topological polar surface area (TPSA) is 110 Å². The van der Waals surface area contributed by atoms with Crippen molar-refractivity contribution in [2.24, 2.45) is 11.5 Å². The van der Waals surface area contributed by atoms with Gasteiger partial charge in [0.1, 0.15) is 11.3 Å². The molecule has 1 atom stereocenters. The van der Waals surface area contributed by atoms with Crippen LogP contribution in [0.25, 0.3) is 22.2 Å². The third-order valence-corrected chi connectivity index (χ3v) is 4.59. The van der Waals surface area contributed by atoms with Gasteiger partial charge in [-0.15, -0.1) is 0 Å². The van der Waals surface area contributed by atoms with Crippen LogP contribution in [-0.2, 0) is 6.18 Å². The molecule has 6 N–H and O–H groups in total. The van der Waals surface area contributed by atoms with Crippen molar-refractivity contribution in [2.75, 3.05) is 13.1 Å². The van der Waals surface area contributed by atoms with Gasteiger partial charge >= 0.3 is 6.18 Å². The summed E-state index contributed by atoms with van der Waals surface area (Å²) >= 11 is 0. The maximum atomic E-state index is 13.6. The number of carbonyl (C=O) groups excluding carboxylic acids is 1. The first-order chi connectivity index (χ1) is 14.2. The third kappa shape index (κ3) is 4.95. The molecular formula is C20H21F4N5O. The van der Waals surface area contributed by atoms with Crippen molar-refractivity contribution >= 4 is 16.9 Å². The van der Waals surface area contributed by atoms with E-state index in [9.17, 15) is 22.4 Å². The fourth-order valence-corrected chi connectivity index (χ4v) is 3.04. The molecule has 10 heteroatoms. The van der Waals surface area contributed by atoms with Gasteiger partial charge < -0.3 is 21.8 Å². The molecule has 160 valence electrons. The van der Waals surface area contributed by atoms with Gasteiger partial charge in [-0.3, -0.25) is 4.79 Å². The van der Waals surface area contributed by atoms with Crippen LogP contribution in [0, 0.1) is 5.82 Å². The zero-order chi connectivity index (χ0) is 21.9. The number of amides is 1. The van der Waals surface area contributed by atoms with Gasteiger partial charge in [0, 0.05) is 12.6 Å². The number of aromatic nitrogens is 2. The van der Waals surface area contributed by atoms with Crippen LogP contribution in [0.1, 0.15) is 29.0 Å². The molecule has 0 aliphatic heterocycles. The summed E-state index contributed by atoms with van der Waals surface area (Å²) in [6, 6.07) is 7.12. The van der Waals surface area contributed by atoms with E-state index in [0.717, 1.165) is 18.2 Å². The Morgan fingerprint density at radius 2 is 1.87 bits per heavy atom. The average Bonchev–Trinajstić information content (AvgIpc) is 3.13. The number of aromatic amines is 1. The minimum atomic E-state index is -4.69. The predicted octanol–water partition coefficient (Wildman–Crippen LogP) is 3.18. The van der Waals surface area contributed by atoms with Crippen LogP contribution < -0.4 is 16.8 Å². The summed E-state index contributed by atoms with van der Waals surface area (Å²) in [5, 5.41) is 2.56. The van der Waals surface area contributed by atoms with Crippen LogP contribution in [-0.4, -0.2) is 35.0 Å². The molecule has 0 radical (unpaired) electrons. The molecule has 0 saturated carbocycles. The zero-order valence-electron chi connectivity index (χ0n) is 15.9. The summed E-state index contributed by atoms with van der Waals surface area (Å²) in [6.45, 7) is 0.616. The molecule has 1 amide bonds. The first kappa shape index (κ1) is 21.7. The Balaban J connectivity index is 1.94. The minimum absolute atomic E-state index is 0.0433. The highest BCUT2D eigenvalue weighted by atomic mass is 19.4. The molecule has 2 aromatic carbocycles. The zero-order valence-corrected chi connectivity index (χ0v) is 15.9. The lowest BCUT2D eigenvalue weighted by Crippen LogP contribution is -2.37. The highest BCUT2D eigenvalue weighted by Crippen LogP contribution is 2.37. The Kier molecular flexibility index (Phi) is 6.37. The Hall–Kier alpha value is -2.98. The standard InChI is InChI=1S/C20H21F4N5O/c21-13-5-3-11(4-6-13)12-8-15(20(22,23)24)17-16(9-12)28-18(29-17)19(30)27-10-14(26)2-1-7-25/h3-6,8-9,14H,1-2,7,10,25-26H2,(H,27,30)(H,28,29). The van der Waals surface area contributed by atoms with Crippen LogP contribution in [0.2, 0.25) is 0 Å². The van der Waals surface area contributed by atoms with E-state index in [2.05, 4.69) is 15.3 Å². The second-order valence-corrected chi connectivity index (χ2v) is 6.91. The normalized spacial score (nSPS) is 12.9. The molecule has 0 bridgehead atoms. The first-order valence-electron chi connectivity index (χ1n) is 9.29. The Morgan fingerprint density at radius 1 is 1.17 bits per heavy atom. The van der Waals surface area contributed by atoms with Crippen molar-refractivity contribution in [3.8, 4) is 11.1 Å². The number of carbonyl (C=O) groups is 1. The van der Waals surface area contributed by atoms with E-state index in [1.807, 2.05) is 0 Å². The number of H-pyrrole nitrogens is 1. The van der Waals surface area contributed by atoms with E-state index in [4.69, 9.17) is 11.5 Å². The molecule has 6 nitrogen and oxygen atoms in total. The average molecular weight is 423 g/mol. The Bertz CT molecular complexity index is 1030. The van der Waals surface area contributed by atoms with Gasteiger partial charge in [0.05, 0.1) is 11.1 Å². The molecule has 0 aliphatic carbocycles. The number of hydrogen-bond donors (Lipinski definition) is 4. The second-order valence-electron chi connectivity index (χ2n) is 6.91. The molecule has 30 heavy (non-hydrogen) atoms. The summed E-state index contributed by atoms with van der Waals surface area (Å²) < 4.78 is 54.0. The van der Waals surface area contributed by atoms with Crippen LogP contribution in [0.4, 0.5) is 17.6 Å². The highest BCUT2D eigenvalue weighted by molar-refractivity contribution is 5.96. The number of alkyl halides is 3. The van der Waals surface area contributed by atoms with E-state index in [1.165, 1.54) is 18.2 Å². The van der Waals surface area contributed by atoms with Crippen molar-refractivity contribution in [1.82, 2.24) is 15.3 Å². The molecule has 1 aromatic heterocycles. The maximum absolute atomic E-state index is 13.6. The second kappa shape index (κ2) is 8.80. The van der Waals surface area contributed by atoms with Gasteiger partial charge in [-0.1, -0.05) is 12.1 Å². The van der Waals surface area contributed by atoms with Crippen LogP contribution in [0.15, 0.2) is 36.4 Å². The van der Waals surface area contributed by atoms with E-state index >= 15 is 0 Å².